The van der Waals surface area contributed by atoms with Gasteiger partial charge in [0.25, 0.3) is 0 Å². The Morgan fingerprint density at radius 1 is 1.50 bits per heavy atom. The number of benzene rings is 1. The molecule has 0 aliphatic carbocycles. The molecule has 0 radical (unpaired) electrons. The lowest BCUT2D eigenvalue weighted by Crippen LogP contribution is -2.16. The maximum atomic E-state index is 11.5. The largest absolute Gasteiger partial charge is 0.423 e. The van der Waals surface area contributed by atoms with Gasteiger partial charge in [-0.05, 0) is 30.2 Å². The molecule has 2 heterocycles. The minimum atomic E-state index is -0.329. The van der Waals surface area contributed by atoms with Crippen molar-refractivity contribution in [1.29, 1.82) is 0 Å². The van der Waals surface area contributed by atoms with Crippen LogP contribution in [-0.4, -0.2) is 24.4 Å². The van der Waals surface area contributed by atoms with Gasteiger partial charge in [-0.1, -0.05) is 12.1 Å². The molecule has 1 aromatic carbocycles. The van der Waals surface area contributed by atoms with E-state index in [4.69, 9.17) is 9.47 Å². The molecule has 1 saturated heterocycles. The van der Waals surface area contributed by atoms with E-state index in [9.17, 15) is 4.79 Å². The summed E-state index contributed by atoms with van der Waals surface area (Å²) in [6, 6.07) is 5.91. The van der Waals surface area contributed by atoms with E-state index in [2.05, 4.69) is 6.07 Å². The zero-order chi connectivity index (χ0) is 11.0. The fourth-order valence-electron chi connectivity index (χ4n) is 1.80. The highest BCUT2D eigenvalue weighted by Crippen LogP contribution is 2.37. The molecule has 2 aliphatic heterocycles. The Balaban J connectivity index is 1.85. The van der Waals surface area contributed by atoms with Gasteiger partial charge in [0.2, 0.25) is 0 Å². The van der Waals surface area contributed by atoms with Crippen molar-refractivity contribution in [3.8, 4) is 5.75 Å². The van der Waals surface area contributed by atoms with Crippen LogP contribution >= 0.6 is 11.8 Å². The first-order chi connectivity index (χ1) is 7.84. The van der Waals surface area contributed by atoms with Gasteiger partial charge in [0.1, 0.15) is 5.75 Å². The Kier molecular flexibility index (Phi) is 2.61. The summed E-state index contributed by atoms with van der Waals surface area (Å²) in [5.74, 6) is 1.53. The fourth-order valence-corrected chi connectivity index (χ4v) is 2.90. The van der Waals surface area contributed by atoms with Crippen molar-refractivity contribution in [3.05, 3.63) is 23.8 Å². The highest BCUT2D eigenvalue weighted by molar-refractivity contribution is 7.99. The first kappa shape index (κ1) is 10.2. The second-order valence-corrected chi connectivity index (χ2v) is 5.04. The van der Waals surface area contributed by atoms with Gasteiger partial charge in [0, 0.05) is 0 Å². The second-order valence-electron chi connectivity index (χ2n) is 3.94. The topological polar surface area (TPSA) is 38.8 Å². The summed E-state index contributed by atoms with van der Waals surface area (Å²) in [5, 5.41) is 0. The van der Waals surface area contributed by atoms with Crippen molar-refractivity contribution in [2.45, 2.75) is 23.8 Å². The Morgan fingerprint density at radius 2 is 2.38 bits per heavy atom. The lowest BCUT2D eigenvalue weighted by Gasteiger charge is -2.17. The second kappa shape index (κ2) is 4.11. The maximum Gasteiger partial charge on any atom is 0.343 e. The van der Waals surface area contributed by atoms with Crippen LogP contribution in [0.4, 0.5) is 0 Å². The van der Waals surface area contributed by atoms with E-state index in [0.29, 0.717) is 12.4 Å². The van der Waals surface area contributed by atoms with E-state index in [0.717, 1.165) is 17.1 Å². The number of esters is 1. The van der Waals surface area contributed by atoms with Crippen LogP contribution in [0.5, 0.6) is 5.75 Å². The molecule has 0 saturated carbocycles. The van der Waals surface area contributed by atoms with Gasteiger partial charge >= 0.3 is 5.97 Å². The number of carbonyl (C=O) groups is 1. The molecular weight excluding hydrogens is 224 g/mol. The molecule has 0 N–H and O–H groups in total. The summed E-state index contributed by atoms with van der Waals surface area (Å²) in [7, 11) is 0. The van der Waals surface area contributed by atoms with Crippen LogP contribution in [0, 0.1) is 0 Å². The Bertz CT molecular complexity index is 426. The van der Waals surface area contributed by atoms with Gasteiger partial charge in [-0.25, -0.2) is 4.79 Å². The summed E-state index contributed by atoms with van der Waals surface area (Å²) >= 11 is 1.77. The third-order valence-electron chi connectivity index (χ3n) is 2.70. The molecule has 84 valence electrons. The third-order valence-corrected chi connectivity index (χ3v) is 3.95. The molecule has 4 heteroatoms. The quantitative estimate of drug-likeness (QED) is 0.447. The van der Waals surface area contributed by atoms with Crippen LogP contribution in [0.25, 0.3) is 0 Å². The summed E-state index contributed by atoms with van der Waals surface area (Å²) in [6.07, 6.45) is 1.94. The number of hydrogen-bond acceptors (Lipinski definition) is 4. The molecule has 0 amide bonds. The number of carbonyl (C=O) groups excluding carboxylic acids is 1. The van der Waals surface area contributed by atoms with E-state index in [1.54, 1.807) is 11.8 Å². The van der Waals surface area contributed by atoms with E-state index in [-0.39, 0.29) is 12.1 Å². The normalized spacial score (nSPS) is 22.4. The summed E-state index contributed by atoms with van der Waals surface area (Å²) < 4.78 is 10.3. The van der Waals surface area contributed by atoms with Crippen LogP contribution in [0.15, 0.2) is 23.1 Å². The van der Waals surface area contributed by atoms with Gasteiger partial charge in [-0.3, -0.25) is 0 Å². The smallest absolute Gasteiger partial charge is 0.343 e. The number of fused-ring (bicyclic) bond motifs is 1. The number of epoxide rings is 1. The van der Waals surface area contributed by atoms with E-state index in [1.807, 2.05) is 12.1 Å². The van der Waals surface area contributed by atoms with Crippen LogP contribution in [-0.2, 0) is 16.0 Å². The summed E-state index contributed by atoms with van der Waals surface area (Å²) in [5.41, 5.74) is 1.29. The predicted molar refractivity (Wildman–Crippen MR) is 60.9 cm³/mol. The average molecular weight is 236 g/mol. The molecule has 2 aliphatic rings. The van der Waals surface area contributed by atoms with E-state index in [1.165, 1.54) is 12.0 Å². The molecule has 16 heavy (non-hydrogen) atoms. The molecule has 3 rings (SSSR count). The number of hydrogen-bond donors (Lipinski definition) is 0. The van der Waals surface area contributed by atoms with Gasteiger partial charge in [-0.2, -0.15) is 0 Å². The van der Waals surface area contributed by atoms with Crippen LogP contribution in [0.2, 0.25) is 0 Å². The zero-order valence-electron chi connectivity index (χ0n) is 8.77. The van der Waals surface area contributed by atoms with Crippen molar-refractivity contribution in [2.24, 2.45) is 0 Å². The molecular formula is C12H12O3S. The molecule has 0 spiro atoms. The third kappa shape index (κ3) is 1.95. The molecule has 0 aromatic heterocycles. The Labute approximate surface area is 98.1 Å². The molecule has 3 nitrogen and oxygen atoms in total. The first-order valence-electron chi connectivity index (χ1n) is 5.42. The molecule has 1 fully saturated rings. The number of ether oxygens (including phenoxy) is 2. The molecule has 1 atom stereocenters. The van der Waals surface area contributed by atoms with Gasteiger partial charge in [0.15, 0.2) is 6.10 Å². The molecule has 0 bridgehead atoms. The fraction of sp³-hybridized carbons (Fsp3) is 0.417. The summed E-state index contributed by atoms with van der Waals surface area (Å²) in [4.78, 5) is 12.6. The lowest BCUT2D eigenvalue weighted by atomic mass is 10.1. The van der Waals surface area contributed by atoms with Crippen LogP contribution in [0.3, 0.4) is 0 Å². The SMILES string of the molecule is O=C(Oc1cccc2c1SCCC2)C1CO1. The molecule has 1 unspecified atom stereocenters. The number of rotatable bonds is 2. The van der Waals surface area contributed by atoms with Crippen molar-refractivity contribution >= 4 is 17.7 Å². The van der Waals surface area contributed by atoms with Gasteiger partial charge in [-0.15, -0.1) is 11.8 Å². The van der Waals surface area contributed by atoms with Crippen LogP contribution < -0.4 is 4.74 Å². The Morgan fingerprint density at radius 3 is 3.19 bits per heavy atom. The van der Waals surface area contributed by atoms with Gasteiger partial charge < -0.3 is 9.47 Å². The van der Waals surface area contributed by atoms with Crippen molar-refractivity contribution in [2.75, 3.05) is 12.4 Å². The Hall–Kier alpha value is -1.00. The summed E-state index contributed by atoms with van der Waals surface area (Å²) in [6.45, 7) is 0.501. The average Bonchev–Trinajstić information content (AvgIpc) is 3.13. The number of thioether (sulfide) groups is 1. The number of aryl methyl sites for hydroxylation is 1. The lowest BCUT2D eigenvalue weighted by molar-refractivity contribution is -0.135. The first-order valence-corrected chi connectivity index (χ1v) is 6.41. The van der Waals surface area contributed by atoms with E-state index < -0.39 is 0 Å². The van der Waals surface area contributed by atoms with Crippen molar-refractivity contribution < 1.29 is 14.3 Å². The highest BCUT2D eigenvalue weighted by Gasteiger charge is 2.34. The van der Waals surface area contributed by atoms with Crippen LogP contribution in [0.1, 0.15) is 12.0 Å². The standard InChI is InChI=1S/C12H12O3S/c13-12(10-7-14-10)15-9-5-1-3-8-4-2-6-16-11(8)9/h1,3,5,10H,2,4,6-7H2. The monoisotopic (exact) mass is 236 g/mol. The highest BCUT2D eigenvalue weighted by atomic mass is 32.2. The van der Waals surface area contributed by atoms with E-state index >= 15 is 0 Å². The maximum absolute atomic E-state index is 11.5. The molecule has 1 aromatic rings. The zero-order valence-corrected chi connectivity index (χ0v) is 9.59. The minimum absolute atomic E-state index is 0.264. The minimum Gasteiger partial charge on any atom is -0.423 e. The van der Waals surface area contributed by atoms with Crippen molar-refractivity contribution in [1.82, 2.24) is 0 Å². The van der Waals surface area contributed by atoms with Crippen molar-refractivity contribution in [3.63, 3.8) is 0 Å². The predicted octanol–water partition coefficient (Wildman–Crippen LogP) is 2.03. The van der Waals surface area contributed by atoms with Gasteiger partial charge in [0.05, 0.1) is 11.5 Å².